The molecule has 0 aromatic carbocycles. The summed E-state index contributed by atoms with van der Waals surface area (Å²) in [6.07, 6.45) is 2.64. The van der Waals surface area contributed by atoms with Gasteiger partial charge in [0.05, 0.1) is 35.3 Å². The summed E-state index contributed by atoms with van der Waals surface area (Å²) in [5, 5.41) is 22.5. The van der Waals surface area contributed by atoms with Gasteiger partial charge in [-0.15, -0.1) is 5.10 Å². The van der Waals surface area contributed by atoms with Gasteiger partial charge in [-0.25, -0.2) is 9.37 Å². The average Bonchev–Trinajstić information content (AvgIpc) is 3.08. The van der Waals surface area contributed by atoms with E-state index in [0.717, 1.165) is 6.20 Å². The summed E-state index contributed by atoms with van der Waals surface area (Å²) >= 11 is 0. The molecule has 0 bridgehead atoms. The van der Waals surface area contributed by atoms with E-state index in [-0.39, 0.29) is 12.1 Å². The predicted molar refractivity (Wildman–Crippen MR) is 103 cm³/mol. The molecule has 3 rings (SSSR count). The Kier molecular flexibility index (Phi) is 5.69. The van der Waals surface area contributed by atoms with Crippen LogP contribution in [-0.4, -0.2) is 26.3 Å². The molecule has 3 heterocycles. The largest absolute Gasteiger partial charge is 0.474 e. The van der Waals surface area contributed by atoms with Crippen LogP contribution in [0.1, 0.15) is 38.1 Å². The van der Waals surface area contributed by atoms with Crippen LogP contribution in [0, 0.1) is 17.1 Å². The topological polar surface area (TPSA) is 112 Å². The average molecular weight is 381 g/mol. The second-order valence-corrected chi connectivity index (χ2v) is 6.41. The van der Waals surface area contributed by atoms with Crippen LogP contribution < -0.4 is 15.4 Å². The Morgan fingerprint density at radius 3 is 2.68 bits per heavy atom. The third-order valence-electron chi connectivity index (χ3n) is 3.76. The van der Waals surface area contributed by atoms with Crippen LogP contribution in [0.25, 0.3) is 0 Å². The van der Waals surface area contributed by atoms with Gasteiger partial charge in [0.1, 0.15) is 23.5 Å². The molecule has 0 amide bonds. The van der Waals surface area contributed by atoms with Crippen molar-refractivity contribution in [1.82, 2.24) is 20.2 Å². The molecule has 1 unspecified atom stereocenters. The highest BCUT2D eigenvalue weighted by Crippen LogP contribution is 2.25. The first kappa shape index (κ1) is 19.1. The zero-order valence-electron chi connectivity index (χ0n) is 15.7. The van der Waals surface area contributed by atoms with Crippen LogP contribution in [0.2, 0.25) is 0 Å². The van der Waals surface area contributed by atoms with Crippen LogP contribution in [-0.2, 0) is 0 Å². The van der Waals surface area contributed by atoms with Crippen molar-refractivity contribution in [2.45, 2.75) is 32.9 Å². The molecule has 0 fully saturated rings. The summed E-state index contributed by atoms with van der Waals surface area (Å²) in [7, 11) is 0. The van der Waals surface area contributed by atoms with Gasteiger partial charge >= 0.3 is 0 Å². The summed E-state index contributed by atoms with van der Waals surface area (Å²) in [6.45, 7) is 5.71. The summed E-state index contributed by atoms with van der Waals surface area (Å²) in [6, 6.07) is 8.25. The molecule has 0 aliphatic carbocycles. The van der Waals surface area contributed by atoms with Crippen LogP contribution in [0.3, 0.4) is 0 Å². The molecule has 3 aromatic heterocycles. The fourth-order valence-electron chi connectivity index (χ4n) is 2.49. The van der Waals surface area contributed by atoms with Crippen LogP contribution in [0.15, 0.2) is 36.7 Å². The van der Waals surface area contributed by atoms with E-state index in [9.17, 15) is 9.65 Å². The van der Waals surface area contributed by atoms with Crippen molar-refractivity contribution in [2.24, 2.45) is 0 Å². The van der Waals surface area contributed by atoms with Gasteiger partial charge in [0.2, 0.25) is 5.88 Å². The molecule has 0 spiro atoms. The first-order chi connectivity index (χ1) is 13.4. The van der Waals surface area contributed by atoms with E-state index in [0.29, 0.717) is 34.5 Å². The fraction of sp³-hybridized carbons (Fsp3) is 0.263. The van der Waals surface area contributed by atoms with Gasteiger partial charge in [-0.1, -0.05) is 0 Å². The van der Waals surface area contributed by atoms with Crippen molar-refractivity contribution in [1.29, 1.82) is 5.26 Å². The van der Waals surface area contributed by atoms with Crippen LogP contribution in [0.4, 0.5) is 21.7 Å². The normalized spacial score (nSPS) is 11.7. The standard InChI is InChI=1S/C19H20FN7O/c1-11(2)28-19-7-18(26-27-19)25-17-6-16(13(8-21)9-23-17)24-12(3)15-5-4-14(20)10-22-15/h4-7,9-12H,1-3H3,(H3,23,24,25,26,27). The van der Waals surface area contributed by atoms with Crippen molar-refractivity contribution in [3.8, 4) is 11.9 Å². The second kappa shape index (κ2) is 8.35. The van der Waals surface area contributed by atoms with E-state index in [1.165, 1.54) is 12.3 Å². The molecule has 0 saturated carbocycles. The number of H-pyrrole nitrogens is 1. The molecule has 0 aliphatic rings. The first-order valence-corrected chi connectivity index (χ1v) is 8.72. The van der Waals surface area contributed by atoms with Crippen molar-refractivity contribution in [2.75, 3.05) is 10.6 Å². The van der Waals surface area contributed by atoms with Gasteiger partial charge in [-0.05, 0) is 32.9 Å². The molecular weight excluding hydrogens is 361 g/mol. The number of anilines is 3. The number of pyridine rings is 2. The van der Waals surface area contributed by atoms with Gasteiger partial charge < -0.3 is 15.4 Å². The van der Waals surface area contributed by atoms with Crippen molar-refractivity contribution in [3.05, 3.63) is 53.7 Å². The Balaban J connectivity index is 1.77. The number of aromatic amines is 1. The quantitative estimate of drug-likeness (QED) is 0.569. The van der Waals surface area contributed by atoms with E-state index < -0.39 is 5.82 Å². The minimum atomic E-state index is -0.399. The van der Waals surface area contributed by atoms with E-state index >= 15 is 0 Å². The number of hydrogen-bond donors (Lipinski definition) is 3. The molecular formula is C19H20FN7O. The molecule has 9 heteroatoms. The maximum Gasteiger partial charge on any atom is 0.234 e. The molecule has 3 N–H and O–H groups in total. The van der Waals surface area contributed by atoms with E-state index in [1.54, 1.807) is 18.2 Å². The van der Waals surface area contributed by atoms with Gasteiger partial charge in [0.25, 0.3) is 0 Å². The number of hydrogen-bond acceptors (Lipinski definition) is 7. The summed E-state index contributed by atoms with van der Waals surface area (Å²) in [4.78, 5) is 8.31. The Hall–Kier alpha value is -3.67. The zero-order valence-corrected chi connectivity index (χ0v) is 15.7. The Morgan fingerprint density at radius 1 is 1.18 bits per heavy atom. The molecule has 0 aliphatic heterocycles. The van der Waals surface area contributed by atoms with E-state index in [1.807, 2.05) is 20.8 Å². The molecule has 144 valence electrons. The van der Waals surface area contributed by atoms with Gasteiger partial charge in [-0.3, -0.25) is 10.1 Å². The number of aromatic nitrogens is 4. The molecule has 28 heavy (non-hydrogen) atoms. The summed E-state index contributed by atoms with van der Waals surface area (Å²) in [5.41, 5.74) is 1.62. The molecule has 1 atom stereocenters. The number of rotatable bonds is 7. The van der Waals surface area contributed by atoms with Crippen molar-refractivity contribution >= 4 is 17.3 Å². The van der Waals surface area contributed by atoms with E-state index in [2.05, 4.69) is 36.9 Å². The minimum Gasteiger partial charge on any atom is -0.474 e. The minimum absolute atomic E-state index is 0.0153. The monoisotopic (exact) mass is 381 g/mol. The Bertz CT molecular complexity index is 979. The number of ether oxygens (including phenoxy) is 1. The number of nitrogens with one attached hydrogen (secondary N) is 3. The lowest BCUT2D eigenvalue weighted by Gasteiger charge is -2.16. The maximum absolute atomic E-state index is 13.1. The highest BCUT2D eigenvalue weighted by molar-refractivity contribution is 5.65. The third-order valence-corrected chi connectivity index (χ3v) is 3.76. The number of halogens is 1. The fourth-order valence-corrected chi connectivity index (χ4v) is 2.49. The van der Waals surface area contributed by atoms with Crippen molar-refractivity contribution in [3.63, 3.8) is 0 Å². The number of nitrogens with zero attached hydrogens (tertiary/aromatic N) is 4. The molecule has 3 aromatic rings. The summed E-state index contributed by atoms with van der Waals surface area (Å²) in [5.74, 6) is 1.19. The molecule has 8 nitrogen and oxygen atoms in total. The molecule has 0 saturated heterocycles. The molecule has 0 radical (unpaired) electrons. The third kappa shape index (κ3) is 4.73. The van der Waals surface area contributed by atoms with Crippen LogP contribution in [0.5, 0.6) is 5.88 Å². The lowest BCUT2D eigenvalue weighted by Crippen LogP contribution is -2.10. The maximum atomic E-state index is 13.1. The van der Waals surface area contributed by atoms with Gasteiger partial charge in [0, 0.05) is 18.3 Å². The SMILES string of the molecule is CC(C)Oc1cc(Nc2cc(NC(C)c3ccc(F)cn3)c(C#N)cn2)[nH]n1. The zero-order chi connectivity index (χ0) is 20.1. The van der Waals surface area contributed by atoms with Gasteiger partial charge in [0.15, 0.2) is 0 Å². The Morgan fingerprint density at radius 2 is 2.00 bits per heavy atom. The summed E-state index contributed by atoms with van der Waals surface area (Å²) < 4.78 is 18.6. The lowest BCUT2D eigenvalue weighted by atomic mass is 10.1. The van der Waals surface area contributed by atoms with E-state index in [4.69, 9.17) is 4.74 Å². The van der Waals surface area contributed by atoms with Crippen LogP contribution >= 0.6 is 0 Å². The Labute approximate surface area is 161 Å². The lowest BCUT2D eigenvalue weighted by molar-refractivity contribution is 0.232. The highest BCUT2D eigenvalue weighted by Gasteiger charge is 2.12. The highest BCUT2D eigenvalue weighted by atomic mass is 19.1. The first-order valence-electron chi connectivity index (χ1n) is 8.72. The number of nitriles is 1. The van der Waals surface area contributed by atoms with Crippen molar-refractivity contribution < 1.29 is 9.13 Å². The predicted octanol–water partition coefficient (Wildman–Crippen LogP) is 3.91. The second-order valence-electron chi connectivity index (χ2n) is 6.41. The smallest absolute Gasteiger partial charge is 0.234 e. The van der Waals surface area contributed by atoms with Gasteiger partial charge in [-0.2, -0.15) is 5.26 Å².